The Morgan fingerprint density at radius 1 is 1.35 bits per heavy atom. The molecule has 0 amide bonds. The lowest BCUT2D eigenvalue weighted by molar-refractivity contribution is 0.0696. The minimum Gasteiger partial charge on any atom is -0.494 e. The zero-order valence-electron chi connectivity index (χ0n) is 13.4. The summed E-state index contributed by atoms with van der Waals surface area (Å²) in [7, 11) is 0. The zero-order chi connectivity index (χ0) is 16.9. The van der Waals surface area contributed by atoms with E-state index in [-0.39, 0.29) is 11.0 Å². The minimum absolute atomic E-state index is 0.149. The van der Waals surface area contributed by atoms with Gasteiger partial charge in [-0.2, -0.15) is 0 Å². The highest BCUT2D eigenvalue weighted by atomic mass is 32.2. The largest absolute Gasteiger partial charge is 0.494 e. The molecule has 0 saturated heterocycles. The number of carbonyl (C=O) groups is 1. The Balaban J connectivity index is 1.73. The van der Waals surface area contributed by atoms with Crippen molar-refractivity contribution in [2.45, 2.75) is 37.8 Å². The van der Waals surface area contributed by atoms with Crippen molar-refractivity contribution in [3.63, 3.8) is 0 Å². The number of hydrogen-bond donors (Lipinski definition) is 1. The first-order valence-electron chi connectivity index (χ1n) is 7.29. The Morgan fingerprint density at radius 3 is 2.78 bits per heavy atom. The quantitative estimate of drug-likeness (QED) is 0.610. The summed E-state index contributed by atoms with van der Waals surface area (Å²) in [6.07, 6.45) is 0.787. The summed E-state index contributed by atoms with van der Waals surface area (Å²) >= 11 is 1.49. The highest BCUT2D eigenvalue weighted by Gasteiger charge is 2.21. The number of hydrogen-bond acceptors (Lipinski definition) is 6. The van der Waals surface area contributed by atoms with Crippen LogP contribution >= 0.6 is 11.8 Å². The van der Waals surface area contributed by atoms with Crippen molar-refractivity contribution in [1.82, 2.24) is 10.2 Å². The van der Waals surface area contributed by atoms with Gasteiger partial charge in [-0.15, -0.1) is 10.2 Å². The number of nitrogens with zero attached hydrogens (tertiary/aromatic N) is 2. The molecule has 124 valence electrons. The molecule has 0 bridgehead atoms. The van der Waals surface area contributed by atoms with Gasteiger partial charge in [0.2, 0.25) is 5.89 Å². The number of ether oxygens (including phenoxy) is 1. The topological polar surface area (TPSA) is 85.5 Å². The first kappa shape index (κ1) is 17.3. The van der Waals surface area contributed by atoms with Gasteiger partial charge >= 0.3 is 5.97 Å². The van der Waals surface area contributed by atoms with E-state index in [9.17, 15) is 4.79 Å². The normalized spacial score (nSPS) is 11.4. The molecule has 0 fully saturated rings. The Kier molecular flexibility index (Phi) is 5.65. The third kappa shape index (κ3) is 5.28. The number of rotatable bonds is 7. The molecule has 2 rings (SSSR count). The molecule has 0 atom stereocenters. The average molecular weight is 336 g/mol. The van der Waals surface area contributed by atoms with Crippen molar-refractivity contribution < 1.29 is 19.1 Å². The van der Waals surface area contributed by atoms with Crippen LogP contribution in [0.5, 0.6) is 5.75 Å². The van der Waals surface area contributed by atoms with Crippen LogP contribution < -0.4 is 4.74 Å². The maximum absolute atomic E-state index is 10.9. The molecule has 0 unspecified atom stereocenters. The van der Waals surface area contributed by atoms with Gasteiger partial charge in [0, 0.05) is 11.2 Å². The molecule has 7 heteroatoms. The molecule has 0 saturated carbocycles. The van der Waals surface area contributed by atoms with Crippen molar-refractivity contribution in [3.05, 3.63) is 35.7 Å². The summed E-state index contributed by atoms with van der Waals surface area (Å²) in [6.45, 7) is 6.56. The number of carboxylic acids is 1. The molecule has 0 radical (unpaired) electrons. The fourth-order valence-electron chi connectivity index (χ4n) is 1.70. The predicted molar refractivity (Wildman–Crippen MR) is 87.2 cm³/mol. The number of aromatic carboxylic acids is 1. The Bertz CT molecular complexity index is 664. The SMILES string of the molecule is CC(C)(C)c1nnc(SCCCOc2cccc(C(=O)O)c2)o1. The second-order valence-electron chi connectivity index (χ2n) is 6.01. The van der Waals surface area contributed by atoms with E-state index in [0.717, 1.165) is 12.2 Å². The number of thioether (sulfide) groups is 1. The van der Waals surface area contributed by atoms with Crippen molar-refractivity contribution in [1.29, 1.82) is 0 Å². The van der Waals surface area contributed by atoms with Gasteiger partial charge in [-0.05, 0) is 24.6 Å². The molecule has 23 heavy (non-hydrogen) atoms. The van der Waals surface area contributed by atoms with E-state index in [4.69, 9.17) is 14.3 Å². The minimum atomic E-state index is -0.961. The van der Waals surface area contributed by atoms with E-state index < -0.39 is 5.97 Å². The van der Waals surface area contributed by atoms with Gasteiger partial charge in [0.25, 0.3) is 5.22 Å². The molecule has 0 aliphatic heterocycles. The summed E-state index contributed by atoms with van der Waals surface area (Å²) < 4.78 is 11.1. The Labute approximate surface area is 139 Å². The molecule has 1 aromatic carbocycles. The molecule has 1 aromatic heterocycles. The fraction of sp³-hybridized carbons (Fsp3) is 0.438. The van der Waals surface area contributed by atoms with E-state index in [1.807, 2.05) is 20.8 Å². The van der Waals surface area contributed by atoms with Crippen LogP contribution in [-0.2, 0) is 5.41 Å². The maximum Gasteiger partial charge on any atom is 0.335 e. The molecule has 0 aliphatic rings. The summed E-state index contributed by atoms with van der Waals surface area (Å²) in [6, 6.07) is 6.46. The van der Waals surface area contributed by atoms with Crippen LogP contribution in [0.3, 0.4) is 0 Å². The van der Waals surface area contributed by atoms with Gasteiger partial charge < -0.3 is 14.3 Å². The van der Waals surface area contributed by atoms with Gasteiger partial charge in [-0.3, -0.25) is 0 Å². The van der Waals surface area contributed by atoms with Crippen molar-refractivity contribution in [2.75, 3.05) is 12.4 Å². The number of carboxylic acid groups (broad SMARTS) is 1. The van der Waals surface area contributed by atoms with E-state index in [1.165, 1.54) is 23.9 Å². The molecular weight excluding hydrogens is 316 g/mol. The molecule has 2 aromatic rings. The van der Waals surface area contributed by atoms with Gasteiger partial charge in [-0.1, -0.05) is 38.6 Å². The van der Waals surface area contributed by atoms with E-state index in [2.05, 4.69) is 10.2 Å². The molecule has 1 heterocycles. The smallest absolute Gasteiger partial charge is 0.335 e. The second kappa shape index (κ2) is 7.50. The van der Waals surface area contributed by atoms with E-state index in [0.29, 0.717) is 23.5 Å². The van der Waals surface area contributed by atoms with Gasteiger partial charge in [-0.25, -0.2) is 4.79 Å². The van der Waals surface area contributed by atoms with Crippen molar-refractivity contribution in [3.8, 4) is 5.75 Å². The molecule has 6 nitrogen and oxygen atoms in total. The van der Waals surface area contributed by atoms with Crippen LogP contribution in [0, 0.1) is 0 Å². The number of benzene rings is 1. The third-order valence-electron chi connectivity index (χ3n) is 2.91. The molecule has 0 spiro atoms. The highest BCUT2D eigenvalue weighted by Crippen LogP contribution is 2.25. The maximum atomic E-state index is 10.9. The number of aromatic nitrogens is 2. The third-order valence-corrected chi connectivity index (χ3v) is 3.82. The monoisotopic (exact) mass is 336 g/mol. The molecule has 1 N–H and O–H groups in total. The van der Waals surface area contributed by atoms with Crippen molar-refractivity contribution in [2.24, 2.45) is 0 Å². The van der Waals surface area contributed by atoms with Crippen LogP contribution in [0.4, 0.5) is 0 Å². The van der Waals surface area contributed by atoms with Gasteiger partial charge in [0.1, 0.15) is 5.75 Å². The van der Waals surface area contributed by atoms with Gasteiger partial charge in [0.05, 0.1) is 12.2 Å². The first-order chi connectivity index (χ1) is 10.9. The standard InChI is InChI=1S/C16H20N2O4S/c1-16(2,3)14-17-18-15(22-14)23-9-5-8-21-12-7-4-6-11(10-12)13(19)20/h4,6-7,10H,5,8-9H2,1-3H3,(H,19,20). The summed E-state index contributed by atoms with van der Waals surface area (Å²) in [4.78, 5) is 10.9. The van der Waals surface area contributed by atoms with Crippen LogP contribution in [0.2, 0.25) is 0 Å². The van der Waals surface area contributed by atoms with Crippen LogP contribution in [0.1, 0.15) is 43.4 Å². The average Bonchev–Trinajstić information content (AvgIpc) is 2.96. The Hall–Kier alpha value is -2.02. The van der Waals surface area contributed by atoms with E-state index in [1.54, 1.807) is 12.1 Å². The first-order valence-corrected chi connectivity index (χ1v) is 8.28. The Morgan fingerprint density at radius 2 is 2.13 bits per heavy atom. The summed E-state index contributed by atoms with van der Waals surface area (Å²) in [5.41, 5.74) is 0.0711. The van der Waals surface area contributed by atoms with Crippen LogP contribution in [-0.4, -0.2) is 33.6 Å². The predicted octanol–water partition coefficient (Wildman–Crippen LogP) is 3.63. The van der Waals surface area contributed by atoms with Gasteiger partial charge in [0.15, 0.2) is 0 Å². The summed E-state index contributed by atoms with van der Waals surface area (Å²) in [5.74, 6) is 1.01. The van der Waals surface area contributed by atoms with Crippen molar-refractivity contribution >= 4 is 17.7 Å². The van der Waals surface area contributed by atoms with Crippen LogP contribution in [0.25, 0.3) is 0 Å². The fourth-order valence-corrected chi connectivity index (χ4v) is 2.37. The lowest BCUT2D eigenvalue weighted by atomic mass is 9.97. The van der Waals surface area contributed by atoms with Crippen LogP contribution in [0.15, 0.2) is 33.9 Å². The lowest BCUT2D eigenvalue weighted by Gasteiger charge is -2.10. The molecular formula is C16H20N2O4S. The zero-order valence-corrected chi connectivity index (χ0v) is 14.2. The summed E-state index contributed by atoms with van der Waals surface area (Å²) in [5, 5.41) is 17.5. The molecule has 0 aliphatic carbocycles. The van der Waals surface area contributed by atoms with E-state index >= 15 is 0 Å². The highest BCUT2D eigenvalue weighted by molar-refractivity contribution is 7.99. The lowest BCUT2D eigenvalue weighted by Crippen LogP contribution is -2.11. The second-order valence-corrected chi connectivity index (χ2v) is 7.05.